The second kappa shape index (κ2) is 6.44. The lowest BCUT2D eigenvalue weighted by molar-refractivity contribution is 0.294. The molecule has 1 radical (unpaired) electrons. The molecule has 0 amide bonds. The molecule has 0 aliphatic rings. The Kier molecular flexibility index (Phi) is 5.99. The predicted molar refractivity (Wildman–Crippen MR) is 32.3 cm³/mol. The standard InChI is InChI=1S/C6H10NO/c1-2-3-4-7-5-6-8/h1,3,7-8H,4-6H2. The van der Waals surface area contributed by atoms with Gasteiger partial charge in [0.1, 0.15) is 0 Å². The highest BCUT2D eigenvalue weighted by Gasteiger charge is 1.75. The van der Waals surface area contributed by atoms with E-state index < -0.39 is 0 Å². The van der Waals surface area contributed by atoms with Crippen LogP contribution in [0.15, 0.2) is 11.8 Å². The fourth-order valence-electron chi connectivity index (χ4n) is 0.312. The van der Waals surface area contributed by atoms with E-state index in [1.807, 2.05) is 0 Å². The Hall–Kier alpha value is -0.560. The minimum Gasteiger partial charge on any atom is -0.395 e. The lowest BCUT2D eigenvalue weighted by Gasteiger charge is -1.92. The summed E-state index contributed by atoms with van der Waals surface area (Å²) < 4.78 is 0. The molecular weight excluding hydrogens is 102 g/mol. The molecule has 0 aromatic heterocycles. The van der Waals surface area contributed by atoms with Crippen molar-refractivity contribution >= 4 is 0 Å². The van der Waals surface area contributed by atoms with Crippen molar-refractivity contribution in [3.63, 3.8) is 0 Å². The lowest BCUT2D eigenvalue weighted by atomic mass is 10.5. The molecule has 0 saturated carbocycles. The van der Waals surface area contributed by atoms with Crippen LogP contribution in [0.1, 0.15) is 0 Å². The van der Waals surface area contributed by atoms with Crippen LogP contribution >= 0.6 is 0 Å². The van der Waals surface area contributed by atoms with Crippen LogP contribution in [0.25, 0.3) is 0 Å². The second-order valence-corrected chi connectivity index (χ2v) is 1.30. The first-order valence-corrected chi connectivity index (χ1v) is 2.51. The third-order valence-corrected chi connectivity index (χ3v) is 0.653. The zero-order valence-corrected chi connectivity index (χ0v) is 4.72. The summed E-state index contributed by atoms with van der Waals surface area (Å²) in [5.41, 5.74) is 2.36. The number of rotatable bonds is 4. The first-order valence-electron chi connectivity index (χ1n) is 2.51. The van der Waals surface area contributed by atoms with Gasteiger partial charge in [-0.1, -0.05) is 0 Å². The van der Waals surface area contributed by atoms with Crippen molar-refractivity contribution in [3.8, 4) is 0 Å². The summed E-state index contributed by atoms with van der Waals surface area (Å²) in [6.07, 6.45) is 1.66. The van der Waals surface area contributed by atoms with Gasteiger partial charge in [0.05, 0.1) is 6.61 Å². The summed E-state index contributed by atoms with van der Waals surface area (Å²) in [7, 11) is 0. The van der Waals surface area contributed by atoms with Crippen molar-refractivity contribution in [3.05, 3.63) is 18.4 Å². The number of aliphatic hydroxyl groups is 1. The highest BCUT2D eigenvalue weighted by molar-refractivity contribution is 4.75. The average molecular weight is 112 g/mol. The maximum Gasteiger partial charge on any atom is 0.0556 e. The maximum atomic E-state index is 8.24. The van der Waals surface area contributed by atoms with Gasteiger partial charge in [-0.2, -0.15) is 0 Å². The highest BCUT2D eigenvalue weighted by atomic mass is 16.3. The highest BCUT2D eigenvalue weighted by Crippen LogP contribution is 1.59. The molecule has 0 rings (SSSR count). The van der Waals surface area contributed by atoms with Gasteiger partial charge >= 0.3 is 0 Å². The van der Waals surface area contributed by atoms with Gasteiger partial charge in [-0.05, 0) is 12.7 Å². The molecule has 2 N–H and O–H groups in total. The predicted octanol–water partition coefficient (Wildman–Crippen LogP) is -0.287. The van der Waals surface area contributed by atoms with Gasteiger partial charge in [0.2, 0.25) is 0 Å². The molecule has 0 aromatic rings. The monoisotopic (exact) mass is 112 g/mol. The van der Waals surface area contributed by atoms with Gasteiger partial charge in [-0.25, -0.2) is 0 Å². The minimum absolute atomic E-state index is 0.165. The van der Waals surface area contributed by atoms with Gasteiger partial charge in [0.15, 0.2) is 0 Å². The van der Waals surface area contributed by atoms with Crippen molar-refractivity contribution in [1.82, 2.24) is 5.32 Å². The Balaban J connectivity index is 2.82. The number of hydrogen-bond acceptors (Lipinski definition) is 2. The fraction of sp³-hybridized carbons (Fsp3) is 0.500. The molecule has 0 aliphatic carbocycles. The fourth-order valence-corrected chi connectivity index (χ4v) is 0.312. The van der Waals surface area contributed by atoms with Crippen LogP contribution in [-0.4, -0.2) is 24.8 Å². The van der Waals surface area contributed by atoms with Gasteiger partial charge in [0, 0.05) is 13.1 Å². The average Bonchev–Trinajstić information content (AvgIpc) is 1.81. The van der Waals surface area contributed by atoms with Crippen LogP contribution in [0.2, 0.25) is 0 Å². The third-order valence-electron chi connectivity index (χ3n) is 0.653. The Labute approximate surface area is 49.5 Å². The van der Waals surface area contributed by atoms with Crippen molar-refractivity contribution in [2.75, 3.05) is 19.7 Å². The zero-order valence-electron chi connectivity index (χ0n) is 4.72. The van der Waals surface area contributed by atoms with Gasteiger partial charge in [0.25, 0.3) is 0 Å². The number of hydrogen-bond donors (Lipinski definition) is 2. The smallest absolute Gasteiger partial charge is 0.0556 e. The molecule has 2 nitrogen and oxygen atoms in total. The summed E-state index contributed by atoms with van der Waals surface area (Å²) in [5.74, 6) is 0. The summed E-state index contributed by atoms with van der Waals surface area (Å²) in [6.45, 7) is 6.35. The van der Waals surface area contributed by atoms with Gasteiger partial charge in [-0.3, -0.25) is 0 Å². The quantitative estimate of drug-likeness (QED) is 0.387. The van der Waals surface area contributed by atoms with E-state index in [0.717, 1.165) is 0 Å². The molecule has 2 heteroatoms. The second-order valence-electron chi connectivity index (χ2n) is 1.30. The van der Waals surface area contributed by atoms with Crippen molar-refractivity contribution < 1.29 is 5.11 Å². The molecule has 0 aromatic carbocycles. The Morgan fingerprint density at radius 2 is 2.50 bits per heavy atom. The molecule has 0 atom stereocenters. The van der Waals surface area contributed by atoms with Crippen LogP contribution in [0, 0.1) is 6.58 Å². The van der Waals surface area contributed by atoms with Crippen molar-refractivity contribution in [2.45, 2.75) is 0 Å². The van der Waals surface area contributed by atoms with Crippen LogP contribution in [0.4, 0.5) is 0 Å². The molecule has 45 valence electrons. The van der Waals surface area contributed by atoms with Crippen molar-refractivity contribution in [1.29, 1.82) is 0 Å². The molecule has 0 fully saturated rings. The van der Waals surface area contributed by atoms with E-state index in [0.29, 0.717) is 13.1 Å². The van der Waals surface area contributed by atoms with Gasteiger partial charge in [-0.15, -0.1) is 5.73 Å². The van der Waals surface area contributed by atoms with Crippen LogP contribution in [0.5, 0.6) is 0 Å². The van der Waals surface area contributed by atoms with Crippen LogP contribution < -0.4 is 5.32 Å². The third kappa shape index (κ3) is 5.44. The minimum atomic E-state index is 0.165. The van der Waals surface area contributed by atoms with E-state index in [1.54, 1.807) is 6.08 Å². The SMILES string of the molecule is [CH]=C=CCNCCO. The Morgan fingerprint density at radius 1 is 1.75 bits per heavy atom. The maximum absolute atomic E-state index is 8.24. The van der Waals surface area contributed by atoms with Gasteiger partial charge < -0.3 is 10.4 Å². The molecule has 0 saturated heterocycles. The van der Waals surface area contributed by atoms with Crippen LogP contribution in [-0.2, 0) is 0 Å². The summed E-state index contributed by atoms with van der Waals surface area (Å²) in [5, 5.41) is 11.1. The first-order chi connectivity index (χ1) is 3.91. The molecule has 0 unspecified atom stereocenters. The lowest BCUT2D eigenvalue weighted by Crippen LogP contribution is -2.17. The van der Waals surface area contributed by atoms with Crippen LogP contribution in [0.3, 0.4) is 0 Å². The molecule has 8 heavy (non-hydrogen) atoms. The summed E-state index contributed by atoms with van der Waals surface area (Å²) >= 11 is 0. The first kappa shape index (κ1) is 7.44. The Morgan fingerprint density at radius 3 is 3.00 bits per heavy atom. The molecule has 0 heterocycles. The Bertz CT molecular complexity index is 84.5. The van der Waals surface area contributed by atoms with E-state index in [1.165, 1.54) is 0 Å². The topological polar surface area (TPSA) is 32.3 Å². The zero-order chi connectivity index (χ0) is 6.24. The molecule has 0 aliphatic heterocycles. The summed E-state index contributed by atoms with van der Waals surface area (Å²) in [6, 6.07) is 0. The largest absolute Gasteiger partial charge is 0.395 e. The van der Waals surface area contributed by atoms with E-state index in [9.17, 15) is 0 Å². The molecular formula is C6H10NO. The number of aliphatic hydroxyl groups excluding tert-OH is 1. The number of nitrogens with one attached hydrogen (secondary N) is 1. The van der Waals surface area contributed by atoms with E-state index in [4.69, 9.17) is 11.7 Å². The van der Waals surface area contributed by atoms with E-state index in [-0.39, 0.29) is 6.61 Å². The van der Waals surface area contributed by atoms with E-state index in [2.05, 4.69) is 11.0 Å². The normalized spacial score (nSPS) is 8.12. The molecule has 0 spiro atoms. The molecule has 0 bridgehead atoms. The van der Waals surface area contributed by atoms with Crippen molar-refractivity contribution in [2.24, 2.45) is 0 Å². The summed E-state index contributed by atoms with van der Waals surface area (Å²) in [4.78, 5) is 0. The van der Waals surface area contributed by atoms with E-state index >= 15 is 0 Å².